The minimum Gasteiger partial charge on any atom is -0.463 e. The lowest BCUT2D eigenvalue weighted by molar-refractivity contribution is -0.255. The third kappa shape index (κ3) is 8.41. The lowest BCUT2D eigenvalue weighted by Gasteiger charge is -2.44. The summed E-state index contributed by atoms with van der Waals surface area (Å²) in [5, 5.41) is 4.86. The maximum Gasteiger partial charge on any atom is 0.316 e. The summed E-state index contributed by atoms with van der Waals surface area (Å²) in [6.45, 7) is 4.21. The molecule has 0 aliphatic carbocycles. The Bertz CT molecular complexity index is 658. The first-order valence-electron chi connectivity index (χ1n) is 8.96. The van der Waals surface area contributed by atoms with Crippen molar-refractivity contribution in [2.24, 2.45) is 0 Å². The van der Waals surface area contributed by atoms with Crippen LogP contribution in [0, 0.1) is 0 Å². The van der Waals surface area contributed by atoms with Crippen molar-refractivity contribution in [3.8, 4) is 0 Å². The van der Waals surface area contributed by atoms with Crippen molar-refractivity contribution in [1.29, 1.82) is 0 Å². The highest BCUT2D eigenvalue weighted by molar-refractivity contribution is 6.18. The number of rotatable bonds is 8. The zero-order valence-electron chi connectivity index (χ0n) is 17.0. The van der Waals surface area contributed by atoms with Crippen molar-refractivity contribution in [2.75, 3.05) is 19.0 Å². The van der Waals surface area contributed by atoms with E-state index in [9.17, 15) is 24.0 Å². The average molecular weight is 453 g/mol. The van der Waals surface area contributed by atoms with E-state index in [2.05, 4.69) is 10.6 Å². The molecular weight excluding hydrogens is 428 g/mol. The van der Waals surface area contributed by atoms with E-state index in [-0.39, 0.29) is 19.0 Å². The molecule has 0 spiro atoms. The van der Waals surface area contributed by atoms with E-state index >= 15 is 0 Å². The molecule has 0 aromatic carbocycles. The van der Waals surface area contributed by atoms with Crippen molar-refractivity contribution < 1.29 is 47.7 Å². The normalized spacial score (nSPS) is 25.4. The Morgan fingerprint density at radius 3 is 1.87 bits per heavy atom. The highest BCUT2D eigenvalue weighted by Crippen LogP contribution is 2.28. The fourth-order valence-corrected chi connectivity index (χ4v) is 2.78. The van der Waals surface area contributed by atoms with E-state index in [1.54, 1.807) is 0 Å². The highest BCUT2D eigenvalue weighted by Gasteiger charge is 2.52. The SMILES string of the molecule is CC(=O)OCC1OC(NC(=O)NCCCl)C(OC(C)=O)C(OC(C)=O)C1OC(C)=O. The molecule has 0 aromatic rings. The lowest BCUT2D eigenvalue weighted by Crippen LogP contribution is -2.66. The number of alkyl halides is 1. The van der Waals surface area contributed by atoms with Gasteiger partial charge in [0, 0.05) is 40.1 Å². The molecule has 1 heterocycles. The number of esters is 4. The summed E-state index contributed by atoms with van der Waals surface area (Å²) in [7, 11) is 0. The van der Waals surface area contributed by atoms with E-state index in [0.717, 1.165) is 27.7 Å². The summed E-state index contributed by atoms with van der Waals surface area (Å²) < 4.78 is 26.3. The van der Waals surface area contributed by atoms with Crippen molar-refractivity contribution in [2.45, 2.75) is 58.3 Å². The summed E-state index contributed by atoms with van der Waals surface area (Å²) >= 11 is 5.53. The molecule has 2 N–H and O–H groups in total. The Labute approximate surface area is 177 Å². The molecule has 0 aromatic heterocycles. The molecule has 12 nitrogen and oxygen atoms in total. The highest BCUT2D eigenvalue weighted by atomic mass is 35.5. The topological polar surface area (TPSA) is 156 Å². The maximum absolute atomic E-state index is 12.1. The van der Waals surface area contributed by atoms with Gasteiger partial charge in [-0.15, -0.1) is 11.6 Å². The predicted octanol–water partition coefficient (Wildman–Crippen LogP) is -0.392. The lowest BCUT2D eigenvalue weighted by atomic mass is 9.97. The van der Waals surface area contributed by atoms with Gasteiger partial charge in [-0.25, -0.2) is 4.79 Å². The summed E-state index contributed by atoms with van der Waals surface area (Å²) in [6, 6.07) is -0.712. The van der Waals surface area contributed by atoms with Gasteiger partial charge in [-0.05, 0) is 0 Å². The minimum absolute atomic E-state index is 0.138. The molecule has 13 heteroatoms. The monoisotopic (exact) mass is 452 g/mol. The van der Waals surface area contributed by atoms with Gasteiger partial charge in [0.05, 0.1) is 0 Å². The third-order valence-electron chi connectivity index (χ3n) is 3.64. The van der Waals surface area contributed by atoms with Gasteiger partial charge in [-0.3, -0.25) is 19.2 Å². The van der Waals surface area contributed by atoms with Gasteiger partial charge in [-0.2, -0.15) is 0 Å². The largest absolute Gasteiger partial charge is 0.463 e. The first-order chi connectivity index (χ1) is 14.0. The van der Waals surface area contributed by atoms with Crippen molar-refractivity contribution in [3.05, 3.63) is 0 Å². The Kier molecular flexibility index (Phi) is 10.3. The number of hydrogen-bond acceptors (Lipinski definition) is 10. The Morgan fingerprint density at radius 1 is 0.833 bits per heavy atom. The molecule has 1 saturated heterocycles. The van der Waals surface area contributed by atoms with Crippen molar-refractivity contribution >= 4 is 41.5 Å². The summed E-state index contributed by atoms with van der Waals surface area (Å²) in [5.41, 5.74) is 0. The van der Waals surface area contributed by atoms with Crippen molar-refractivity contribution in [1.82, 2.24) is 10.6 Å². The smallest absolute Gasteiger partial charge is 0.316 e. The fourth-order valence-electron chi connectivity index (χ4n) is 2.69. The molecule has 1 aliphatic heterocycles. The molecule has 1 rings (SSSR count). The number of urea groups is 1. The summed E-state index contributed by atoms with van der Waals surface area (Å²) in [4.78, 5) is 58.2. The van der Waals surface area contributed by atoms with Crippen LogP contribution >= 0.6 is 11.6 Å². The van der Waals surface area contributed by atoms with E-state index in [0.29, 0.717) is 0 Å². The van der Waals surface area contributed by atoms with Crippen LogP contribution < -0.4 is 10.6 Å². The van der Waals surface area contributed by atoms with Gasteiger partial charge in [0.1, 0.15) is 12.7 Å². The molecular formula is C17H25ClN2O10. The van der Waals surface area contributed by atoms with Crippen LogP contribution in [0.1, 0.15) is 27.7 Å². The molecule has 170 valence electrons. The second kappa shape index (κ2) is 12.2. The average Bonchev–Trinajstić information content (AvgIpc) is 2.62. The molecule has 2 amide bonds. The van der Waals surface area contributed by atoms with Crippen LogP contribution in [0.2, 0.25) is 0 Å². The van der Waals surface area contributed by atoms with Crippen molar-refractivity contribution in [3.63, 3.8) is 0 Å². The Morgan fingerprint density at radius 2 is 1.37 bits per heavy atom. The number of halogens is 1. The minimum atomic E-state index is -1.37. The zero-order valence-corrected chi connectivity index (χ0v) is 17.7. The van der Waals surface area contributed by atoms with Gasteiger partial charge in [0.15, 0.2) is 24.5 Å². The maximum atomic E-state index is 12.1. The first-order valence-corrected chi connectivity index (χ1v) is 9.49. The molecule has 1 aliphatic rings. The molecule has 1 fully saturated rings. The molecule has 30 heavy (non-hydrogen) atoms. The number of amides is 2. The number of ether oxygens (including phenoxy) is 5. The second-order valence-electron chi connectivity index (χ2n) is 6.21. The van der Waals surface area contributed by atoms with E-state index in [1.807, 2.05) is 0 Å². The van der Waals surface area contributed by atoms with Gasteiger partial charge in [0.2, 0.25) is 0 Å². The molecule has 0 bridgehead atoms. The zero-order chi connectivity index (χ0) is 22.8. The van der Waals surface area contributed by atoms with Gasteiger partial charge in [-0.1, -0.05) is 0 Å². The molecule has 5 atom stereocenters. The van der Waals surface area contributed by atoms with E-state index in [1.165, 1.54) is 0 Å². The van der Waals surface area contributed by atoms with Crippen LogP contribution in [0.15, 0.2) is 0 Å². The predicted molar refractivity (Wildman–Crippen MR) is 99.2 cm³/mol. The van der Waals surface area contributed by atoms with Crippen LogP contribution in [0.4, 0.5) is 4.79 Å². The first kappa shape index (κ1) is 25.4. The number of hydrogen-bond donors (Lipinski definition) is 2. The van der Waals surface area contributed by atoms with Gasteiger partial charge < -0.3 is 34.3 Å². The van der Waals surface area contributed by atoms with Crippen LogP contribution in [-0.4, -0.2) is 79.6 Å². The van der Waals surface area contributed by atoms with Gasteiger partial charge in [0.25, 0.3) is 0 Å². The summed E-state index contributed by atoms with van der Waals surface area (Å²) in [5.74, 6) is -2.79. The number of carbonyl (C=O) groups is 5. The van der Waals surface area contributed by atoms with Crippen LogP contribution in [-0.2, 0) is 42.9 Å². The number of nitrogens with one attached hydrogen (secondary N) is 2. The molecule has 0 saturated carbocycles. The van der Waals surface area contributed by atoms with E-state index < -0.39 is 60.6 Å². The van der Waals surface area contributed by atoms with Crippen LogP contribution in [0.25, 0.3) is 0 Å². The number of carbonyl (C=O) groups excluding carboxylic acids is 5. The molecule has 5 unspecified atom stereocenters. The standard InChI is InChI=1S/C17H25ClN2O10/c1-8(21)26-7-12-13(27-9(2)22)14(28-10(3)23)15(29-11(4)24)16(30-12)20-17(25)19-6-5-18/h12-16H,5-7H2,1-4H3,(H2,19,20,25). The fraction of sp³-hybridized carbons (Fsp3) is 0.706. The Hall–Kier alpha value is -2.60. The van der Waals surface area contributed by atoms with Gasteiger partial charge >= 0.3 is 29.9 Å². The summed E-state index contributed by atoms with van der Waals surface area (Å²) in [6.07, 6.45) is -6.50. The Balaban J connectivity index is 3.27. The van der Waals surface area contributed by atoms with Crippen LogP contribution in [0.5, 0.6) is 0 Å². The quantitative estimate of drug-likeness (QED) is 0.282. The second-order valence-corrected chi connectivity index (χ2v) is 6.59. The van der Waals surface area contributed by atoms with E-state index in [4.69, 9.17) is 35.3 Å². The van der Waals surface area contributed by atoms with Crippen LogP contribution in [0.3, 0.4) is 0 Å². The molecule has 0 radical (unpaired) electrons. The third-order valence-corrected chi connectivity index (χ3v) is 3.83.